The van der Waals surface area contributed by atoms with E-state index in [9.17, 15) is 4.79 Å². The number of ether oxygens (including phenoxy) is 1. The Morgan fingerprint density at radius 3 is 2.47 bits per heavy atom. The molecule has 6 rings (SSSR count). The molecule has 1 aromatic carbocycles. The van der Waals surface area contributed by atoms with E-state index in [1.807, 2.05) is 36.4 Å². The Balaban J connectivity index is 1.48. The van der Waals surface area contributed by atoms with Crippen LogP contribution >= 0.6 is 22.9 Å². The van der Waals surface area contributed by atoms with Crippen molar-refractivity contribution in [3.63, 3.8) is 0 Å². The van der Waals surface area contributed by atoms with Gasteiger partial charge >= 0.3 is 0 Å². The van der Waals surface area contributed by atoms with Crippen molar-refractivity contribution >= 4 is 28.8 Å². The minimum Gasteiger partial charge on any atom is -0.497 e. The number of aromatic nitrogens is 2. The third kappa shape index (κ3) is 3.44. The van der Waals surface area contributed by atoms with E-state index in [1.165, 1.54) is 11.3 Å². The maximum atomic E-state index is 14.2. The fraction of sp³-hybridized carbons (Fsp3) is 0.259. The Morgan fingerprint density at radius 2 is 1.85 bits per heavy atom. The summed E-state index contributed by atoms with van der Waals surface area (Å²) in [6.45, 7) is 1.39. The predicted molar refractivity (Wildman–Crippen MR) is 135 cm³/mol. The number of methoxy groups -OCH3 is 1. The van der Waals surface area contributed by atoms with Gasteiger partial charge in [-0.3, -0.25) is 9.78 Å². The molecule has 1 amide bonds. The molecule has 0 unspecified atom stereocenters. The van der Waals surface area contributed by atoms with Gasteiger partial charge in [0.2, 0.25) is 0 Å². The molecule has 172 valence electrons. The van der Waals surface area contributed by atoms with Gasteiger partial charge in [-0.25, -0.2) is 0 Å². The van der Waals surface area contributed by atoms with Gasteiger partial charge in [-0.1, -0.05) is 23.7 Å². The van der Waals surface area contributed by atoms with Crippen LogP contribution in [-0.2, 0) is 13.1 Å². The fourth-order valence-corrected chi connectivity index (χ4v) is 6.37. The monoisotopic (exact) mass is 489 g/mol. The van der Waals surface area contributed by atoms with Crippen LogP contribution in [0.4, 0.5) is 0 Å². The molecule has 7 heteroatoms. The largest absolute Gasteiger partial charge is 0.497 e. The highest BCUT2D eigenvalue weighted by Gasteiger charge is 2.50. The van der Waals surface area contributed by atoms with E-state index >= 15 is 0 Å². The minimum absolute atomic E-state index is 0.0848. The van der Waals surface area contributed by atoms with E-state index in [-0.39, 0.29) is 11.4 Å². The summed E-state index contributed by atoms with van der Waals surface area (Å²) in [5, 5.41) is 0. The smallest absolute Gasteiger partial charge is 0.272 e. The van der Waals surface area contributed by atoms with Crippen molar-refractivity contribution < 1.29 is 9.53 Å². The zero-order chi connectivity index (χ0) is 23.3. The number of hydrogen-bond acceptors (Lipinski definition) is 4. The lowest BCUT2D eigenvalue weighted by Gasteiger charge is -2.53. The summed E-state index contributed by atoms with van der Waals surface area (Å²) >= 11 is 7.84. The van der Waals surface area contributed by atoms with Crippen molar-refractivity contribution in [2.24, 2.45) is 0 Å². The zero-order valence-corrected chi connectivity index (χ0v) is 20.4. The first-order valence-electron chi connectivity index (χ1n) is 11.4. The summed E-state index contributed by atoms with van der Waals surface area (Å²) in [6.07, 6.45) is 8.93. The Labute approximate surface area is 207 Å². The summed E-state index contributed by atoms with van der Waals surface area (Å²) in [7, 11) is 1.67. The number of nitrogens with zero attached hydrogens (tertiary/aromatic N) is 3. The van der Waals surface area contributed by atoms with E-state index in [1.54, 1.807) is 19.5 Å². The fourth-order valence-electron chi connectivity index (χ4n) is 5.27. The van der Waals surface area contributed by atoms with Crippen LogP contribution in [0.15, 0.2) is 67.1 Å². The van der Waals surface area contributed by atoms with Crippen molar-refractivity contribution in [1.82, 2.24) is 14.5 Å². The molecule has 1 fully saturated rings. The SMILES string of the molecule is COc1ccc(CN2C(=O)c3c(-c4ccc(Cl)s4)c(-c4ccncc4)cn3CC23CCC3)cc1. The molecule has 4 heterocycles. The molecule has 2 aliphatic rings. The summed E-state index contributed by atoms with van der Waals surface area (Å²) in [4.78, 5) is 21.5. The molecule has 34 heavy (non-hydrogen) atoms. The van der Waals surface area contributed by atoms with E-state index in [0.29, 0.717) is 10.9 Å². The second kappa shape index (κ2) is 8.29. The number of pyridine rings is 1. The number of amides is 1. The Hall–Kier alpha value is -3.09. The lowest BCUT2D eigenvalue weighted by atomic mass is 9.73. The Bertz CT molecular complexity index is 1360. The van der Waals surface area contributed by atoms with Crippen molar-refractivity contribution in [2.75, 3.05) is 7.11 Å². The van der Waals surface area contributed by atoms with E-state index in [2.05, 4.69) is 32.8 Å². The molecule has 3 aromatic heterocycles. The maximum absolute atomic E-state index is 14.2. The molecule has 0 radical (unpaired) electrons. The standard InChI is InChI=1S/C27H24ClN3O2S/c1-33-20-5-3-18(4-6-20)15-31-26(32)25-24(22-7-8-23(28)34-22)21(19-9-13-29-14-10-19)16-30(25)17-27(31)11-2-12-27/h3-10,13-14,16H,2,11-12,15,17H2,1H3. The quantitative estimate of drug-likeness (QED) is 0.320. The van der Waals surface area contributed by atoms with Crippen molar-refractivity contribution in [1.29, 1.82) is 0 Å². The first kappa shape index (κ1) is 21.4. The number of carbonyl (C=O) groups is 1. The molecule has 1 saturated carbocycles. The maximum Gasteiger partial charge on any atom is 0.272 e. The number of fused-ring (bicyclic) bond motifs is 1. The second-order valence-electron chi connectivity index (χ2n) is 9.05. The van der Waals surface area contributed by atoms with E-state index in [0.717, 1.165) is 64.4 Å². The second-order valence-corrected chi connectivity index (χ2v) is 10.8. The van der Waals surface area contributed by atoms with E-state index < -0.39 is 0 Å². The summed E-state index contributed by atoms with van der Waals surface area (Å²) in [5.41, 5.74) is 4.77. The molecule has 1 aliphatic carbocycles. The number of thiophene rings is 1. The molecule has 1 spiro atoms. The summed E-state index contributed by atoms with van der Waals surface area (Å²) in [6, 6.07) is 15.9. The van der Waals surface area contributed by atoms with Crippen LogP contribution in [0, 0.1) is 0 Å². The third-order valence-electron chi connectivity index (χ3n) is 7.16. The molecule has 0 N–H and O–H groups in total. The van der Waals surface area contributed by atoms with Crippen LogP contribution in [0.3, 0.4) is 0 Å². The van der Waals surface area contributed by atoms with Gasteiger partial charge in [-0.15, -0.1) is 11.3 Å². The Kier molecular flexibility index (Phi) is 5.23. The minimum atomic E-state index is -0.136. The lowest BCUT2D eigenvalue weighted by Crippen LogP contribution is -2.61. The van der Waals surface area contributed by atoms with Crippen LogP contribution in [0.25, 0.3) is 21.6 Å². The first-order chi connectivity index (χ1) is 16.6. The average Bonchev–Trinajstić information content (AvgIpc) is 3.44. The summed E-state index contributed by atoms with van der Waals surface area (Å²) in [5.74, 6) is 0.904. The first-order valence-corrected chi connectivity index (χ1v) is 12.6. The zero-order valence-electron chi connectivity index (χ0n) is 18.8. The topological polar surface area (TPSA) is 47.4 Å². The van der Waals surface area contributed by atoms with Gasteiger partial charge in [-0.05, 0) is 66.8 Å². The van der Waals surface area contributed by atoms with Crippen molar-refractivity contribution in [3.8, 4) is 27.3 Å². The van der Waals surface area contributed by atoms with E-state index in [4.69, 9.17) is 16.3 Å². The van der Waals surface area contributed by atoms with Gasteiger partial charge in [0.15, 0.2) is 0 Å². The number of rotatable bonds is 5. The highest BCUT2D eigenvalue weighted by atomic mass is 35.5. The molecule has 0 saturated heterocycles. The number of benzene rings is 1. The highest BCUT2D eigenvalue weighted by molar-refractivity contribution is 7.19. The van der Waals surface area contributed by atoms with Gasteiger partial charge < -0.3 is 14.2 Å². The third-order valence-corrected chi connectivity index (χ3v) is 8.41. The highest BCUT2D eigenvalue weighted by Crippen LogP contribution is 2.48. The van der Waals surface area contributed by atoms with Crippen molar-refractivity contribution in [3.05, 3.63) is 82.7 Å². The summed E-state index contributed by atoms with van der Waals surface area (Å²) < 4.78 is 8.21. The number of carbonyl (C=O) groups excluding carboxylic acids is 1. The van der Waals surface area contributed by atoms with Crippen molar-refractivity contribution in [2.45, 2.75) is 37.9 Å². The van der Waals surface area contributed by atoms with Crippen LogP contribution in [0.5, 0.6) is 5.75 Å². The average molecular weight is 490 g/mol. The van der Waals surface area contributed by atoms with Crippen LogP contribution in [0.1, 0.15) is 35.3 Å². The molecule has 5 nitrogen and oxygen atoms in total. The molecule has 1 aliphatic heterocycles. The number of halogens is 1. The normalized spacial score (nSPS) is 16.4. The van der Waals surface area contributed by atoms with Gasteiger partial charge in [0.25, 0.3) is 5.91 Å². The Morgan fingerprint density at radius 1 is 1.09 bits per heavy atom. The predicted octanol–water partition coefficient (Wildman–Crippen LogP) is 6.52. The van der Waals surface area contributed by atoms with Gasteiger partial charge in [0.05, 0.1) is 17.0 Å². The van der Waals surface area contributed by atoms with Gasteiger partial charge in [-0.2, -0.15) is 0 Å². The number of hydrogen-bond donors (Lipinski definition) is 0. The molecule has 4 aromatic rings. The molecule has 0 atom stereocenters. The molecule has 0 bridgehead atoms. The molecular weight excluding hydrogens is 466 g/mol. The lowest BCUT2D eigenvalue weighted by molar-refractivity contribution is -0.00942. The van der Waals surface area contributed by atoms with Crippen LogP contribution < -0.4 is 4.74 Å². The molecular formula is C27H24ClN3O2S. The van der Waals surface area contributed by atoms with Crippen LogP contribution in [-0.4, -0.2) is 33.0 Å². The van der Waals surface area contributed by atoms with Gasteiger partial charge in [0.1, 0.15) is 11.4 Å². The van der Waals surface area contributed by atoms with Gasteiger partial charge in [0, 0.05) is 47.7 Å². The van der Waals surface area contributed by atoms with Crippen LogP contribution in [0.2, 0.25) is 4.34 Å².